The second kappa shape index (κ2) is 6.29. The Morgan fingerprint density at radius 3 is 2.52 bits per heavy atom. The van der Waals surface area contributed by atoms with Crippen LogP contribution >= 0.6 is 11.8 Å². The van der Waals surface area contributed by atoms with E-state index in [1.807, 2.05) is 48.5 Å². The van der Waals surface area contributed by atoms with Crippen LogP contribution in [0.25, 0.3) is 10.8 Å². The molecule has 0 spiro atoms. The third-order valence-electron chi connectivity index (χ3n) is 5.09. The van der Waals surface area contributed by atoms with Crippen molar-refractivity contribution in [1.82, 2.24) is 0 Å². The van der Waals surface area contributed by atoms with Gasteiger partial charge in [0.05, 0.1) is 0 Å². The van der Waals surface area contributed by atoms with Gasteiger partial charge in [-0.25, -0.2) is 0 Å². The molecule has 0 heterocycles. The molecule has 2 nitrogen and oxygen atoms in total. The summed E-state index contributed by atoms with van der Waals surface area (Å²) in [6.45, 7) is 0. The van der Waals surface area contributed by atoms with Crippen LogP contribution in [-0.2, 0) is 6.42 Å². The van der Waals surface area contributed by atoms with Crippen molar-refractivity contribution in [3.63, 3.8) is 0 Å². The highest BCUT2D eigenvalue weighted by atomic mass is 32.2. The van der Waals surface area contributed by atoms with E-state index < -0.39 is 0 Å². The highest BCUT2D eigenvalue weighted by Gasteiger charge is 2.24. The zero-order valence-electron chi connectivity index (χ0n) is 14.6. The number of nitrogen functional groups attached to an aromatic ring is 1. The minimum atomic E-state index is 0.130. The molecule has 0 fully saturated rings. The van der Waals surface area contributed by atoms with E-state index in [-0.39, 0.29) is 5.78 Å². The molecule has 3 heteroatoms. The molecule has 0 amide bonds. The van der Waals surface area contributed by atoms with Crippen LogP contribution in [0.5, 0.6) is 0 Å². The zero-order valence-corrected chi connectivity index (χ0v) is 15.4. The Kier molecular flexibility index (Phi) is 3.76. The third-order valence-corrected chi connectivity index (χ3v) is 6.18. The average Bonchev–Trinajstić information content (AvgIpc) is 2.69. The fourth-order valence-corrected chi connectivity index (χ4v) is 4.68. The maximum absolute atomic E-state index is 13.1. The smallest absolute Gasteiger partial charge is 0.194 e. The number of benzene rings is 4. The minimum absolute atomic E-state index is 0.130. The van der Waals surface area contributed by atoms with Crippen molar-refractivity contribution < 1.29 is 4.79 Å². The molecular weight excluding hydrogens is 350 g/mol. The molecule has 0 radical (unpaired) electrons. The van der Waals surface area contributed by atoms with Gasteiger partial charge in [0.1, 0.15) is 0 Å². The molecular formula is C24H17NOS. The van der Waals surface area contributed by atoms with Crippen LogP contribution in [0, 0.1) is 0 Å². The average molecular weight is 367 g/mol. The molecule has 1 aliphatic carbocycles. The Bertz CT molecular complexity index is 1210. The molecule has 0 bridgehead atoms. The van der Waals surface area contributed by atoms with Crippen LogP contribution in [0.15, 0.2) is 88.7 Å². The first-order valence-corrected chi connectivity index (χ1v) is 9.73. The summed E-state index contributed by atoms with van der Waals surface area (Å²) in [6, 6.07) is 26.3. The molecule has 2 N–H and O–H groups in total. The van der Waals surface area contributed by atoms with Gasteiger partial charge in [0.2, 0.25) is 0 Å². The van der Waals surface area contributed by atoms with Crippen LogP contribution < -0.4 is 5.73 Å². The van der Waals surface area contributed by atoms with Crippen LogP contribution in [-0.4, -0.2) is 5.78 Å². The highest BCUT2D eigenvalue weighted by molar-refractivity contribution is 7.99. The normalized spacial score (nSPS) is 12.7. The monoisotopic (exact) mass is 367 g/mol. The molecule has 0 aliphatic heterocycles. The van der Waals surface area contributed by atoms with Gasteiger partial charge in [-0.05, 0) is 52.6 Å². The standard InChI is InChI=1S/C24H17NOS/c25-21-7-3-4-8-22(21)27-18-11-12-19-16(14-18)9-10-17-13-15-5-1-2-6-20(15)24(26)23(17)19/h1-12,14H,13,25H2. The van der Waals surface area contributed by atoms with Crippen molar-refractivity contribution in [2.75, 3.05) is 5.73 Å². The summed E-state index contributed by atoms with van der Waals surface area (Å²) < 4.78 is 0. The molecule has 27 heavy (non-hydrogen) atoms. The molecule has 4 aromatic carbocycles. The molecule has 130 valence electrons. The Labute approximate surface area is 162 Å². The summed E-state index contributed by atoms with van der Waals surface area (Å²) in [5.74, 6) is 0.130. The van der Waals surface area contributed by atoms with Gasteiger partial charge < -0.3 is 5.73 Å². The SMILES string of the molecule is Nc1ccccc1Sc1ccc2c3c(ccc2c1)Cc1ccccc1C3=O. The number of carbonyl (C=O) groups is 1. The van der Waals surface area contributed by atoms with Crippen molar-refractivity contribution in [1.29, 1.82) is 0 Å². The van der Waals surface area contributed by atoms with Crippen molar-refractivity contribution in [2.45, 2.75) is 16.2 Å². The lowest BCUT2D eigenvalue weighted by Gasteiger charge is -2.20. The van der Waals surface area contributed by atoms with Gasteiger partial charge in [-0.3, -0.25) is 4.79 Å². The zero-order chi connectivity index (χ0) is 18.4. The van der Waals surface area contributed by atoms with Gasteiger partial charge in [0, 0.05) is 26.6 Å². The summed E-state index contributed by atoms with van der Waals surface area (Å²) in [5, 5.41) is 2.11. The number of para-hydroxylation sites is 1. The van der Waals surface area contributed by atoms with Gasteiger partial charge in [-0.2, -0.15) is 0 Å². The maximum Gasteiger partial charge on any atom is 0.194 e. The summed E-state index contributed by atoms with van der Waals surface area (Å²) in [6.07, 6.45) is 0.810. The number of nitrogens with two attached hydrogens (primary N) is 1. The van der Waals surface area contributed by atoms with E-state index in [1.165, 1.54) is 0 Å². The Morgan fingerprint density at radius 1 is 0.815 bits per heavy atom. The lowest BCUT2D eigenvalue weighted by atomic mass is 9.82. The quantitative estimate of drug-likeness (QED) is 0.407. The molecule has 0 saturated heterocycles. The first-order chi connectivity index (χ1) is 13.2. The van der Waals surface area contributed by atoms with Crippen LogP contribution in [0.4, 0.5) is 5.69 Å². The number of anilines is 1. The number of carbonyl (C=O) groups excluding carboxylic acids is 1. The van der Waals surface area contributed by atoms with E-state index in [1.54, 1.807) is 11.8 Å². The molecule has 0 unspecified atom stereocenters. The Balaban J connectivity index is 1.60. The van der Waals surface area contributed by atoms with Crippen molar-refractivity contribution >= 4 is 34.0 Å². The van der Waals surface area contributed by atoms with E-state index in [0.717, 1.165) is 54.9 Å². The largest absolute Gasteiger partial charge is 0.398 e. The molecule has 0 saturated carbocycles. The van der Waals surface area contributed by atoms with E-state index in [0.29, 0.717) is 0 Å². The minimum Gasteiger partial charge on any atom is -0.398 e. The fraction of sp³-hybridized carbons (Fsp3) is 0.0417. The van der Waals surface area contributed by atoms with E-state index in [2.05, 4.69) is 30.3 Å². The van der Waals surface area contributed by atoms with Crippen LogP contribution in [0.2, 0.25) is 0 Å². The first kappa shape index (κ1) is 16.2. The summed E-state index contributed by atoms with van der Waals surface area (Å²) >= 11 is 1.65. The topological polar surface area (TPSA) is 43.1 Å². The Hall–Kier alpha value is -3.04. The summed E-state index contributed by atoms with van der Waals surface area (Å²) in [4.78, 5) is 15.3. The number of fused-ring (bicyclic) bond motifs is 4. The van der Waals surface area contributed by atoms with Crippen molar-refractivity contribution in [3.05, 3.63) is 101 Å². The third kappa shape index (κ3) is 2.71. The maximum atomic E-state index is 13.1. The predicted octanol–water partition coefficient (Wildman–Crippen LogP) is 5.71. The summed E-state index contributed by atoms with van der Waals surface area (Å²) in [5.41, 5.74) is 10.7. The van der Waals surface area contributed by atoms with Gasteiger partial charge in [-0.15, -0.1) is 0 Å². The van der Waals surface area contributed by atoms with Crippen molar-refractivity contribution in [2.24, 2.45) is 0 Å². The van der Waals surface area contributed by atoms with Gasteiger partial charge in [0.25, 0.3) is 0 Å². The Morgan fingerprint density at radius 2 is 1.63 bits per heavy atom. The molecule has 0 atom stereocenters. The fourth-order valence-electron chi connectivity index (χ4n) is 3.77. The second-order valence-corrected chi connectivity index (χ2v) is 7.90. The number of hydrogen-bond donors (Lipinski definition) is 1. The summed E-state index contributed by atoms with van der Waals surface area (Å²) in [7, 11) is 0. The van der Waals surface area contributed by atoms with Gasteiger partial charge >= 0.3 is 0 Å². The number of hydrogen-bond acceptors (Lipinski definition) is 3. The van der Waals surface area contributed by atoms with Gasteiger partial charge in [0.15, 0.2) is 5.78 Å². The molecule has 1 aliphatic rings. The number of ketones is 1. The van der Waals surface area contributed by atoms with Crippen LogP contribution in [0.1, 0.15) is 27.0 Å². The second-order valence-electron chi connectivity index (χ2n) is 6.79. The molecule has 5 rings (SSSR count). The predicted molar refractivity (Wildman–Crippen MR) is 112 cm³/mol. The molecule has 0 aromatic heterocycles. The van der Waals surface area contributed by atoms with E-state index >= 15 is 0 Å². The first-order valence-electron chi connectivity index (χ1n) is 8.91. The van der Waals surface area contributed by atoms with Crippen molar-refractivity contribution in [3.8, 4) is 0 Å². The van der Waals surface area contributed by atoms with E-state index in [4.69, 9.17) is 5.73 Å². The highest BCUT2D eigenvalue weighted by Crippen LogP contribution is 2.37. The van der Waals surface area contributed by atoms with Crippen LogP contribution in [0.3, 0.4) is 0 Å². The molecule has 4 aromatic rings. The lowest BCUT2D eigenvalue weighted by molar-refractivity contribution is 0.103. The number of rotatable bonds is 2. The van der Waals surface area contributed by atoms with Gasteiger partial charge in [-0.1, -0.05) is 66.4 Å². The lowest BCUT2D eigenvalue weighted by Crippen LogP contribution is -2.15. The van der Waals surface area contributed by atoms with E-state index in [9.17, 15) is 4.79 Å².